The summed E-state index contributed by atoms with van der Waals surface area (Å²) in [6.07, 6.45) is 3.44. The van der Waals surface area contributed by atoms with E-state index in [9.17, 15) is 18.8 Å². The van der Waals surface area contributed by atoms with Gasteiger partial charge in [-0.2, -0.15) is 10.4 Å². The van der Waals surface area contributed by atoms with E-state index in [1.807, 2.05) is 6.07 Å². The Morgan fingerprint density at radius 3 is 2.50 bits per heavy atom. The molecule has 0 aliphatic carbocycles. The lowest BCUT2D eigenvalue weighted by Gasteiger charge is -2.41. The number of ether oxygens (including phenoxy) is 1. The van der Waals surface area contributed by atoms with Crippen molar-refractivity contribution in [1.82, 2.24) is 14.7 Å². The molecule has 0 radical (unpaired) electrons. The van der Waals surface area contributed by atoms with Crippen LogP contribution in [-0.2, 0) is 4.74 Å². The van der Waals surface area contributed by atoms with Crippen molar-refractivity contribution in [2.75, 3.05) is 49.6 Å². The monoisotopic (exact) mass is 524 g/mol. The first kappa shape index (κ1) is 27.2. The zero-order chi connectivity index (χ0) is 25.9. The largest absolute Gasteiger partial charge is 0.412 e. The standard InChI is InChI=1S/C27H28F2N6O2.H2O/c1-18-23(17-31-35(18)22-3-4-24(28)25(29)15-22)27(36)32-20-2-5-26(19(14-20)16-30)34-8-6-21(7-9-34)33-10-12-37-13-11-33;/h2-5,14-15,17,21H,6-13H2,1H3,(H,32,36);1H2. The van der Waals surface area contributed by atoms with Crippen molar-refractivity contribution >= 4 is 17.3 Å². The van der Waals surface area contributed by atoms with Gasteiger partial charge in [-0.05, 0) is 50.1 Å². The number of nitrogens with zero attached hydrogens (tertiary/aromatic N) is 5. The predicted molar refractivity (Wildman–Crippen MR) is 139 cm³/mol. The van der Waals surface area contributed by atoms with Gasteiger partial charge in [0, 0.05) is 44.0 Å². The number of amides is 1. The molecule has 3 heterocycles. The van der Waals surface area contributed by atoms with Gasteiger partial charge >= 0.3 is 0 Å². The van der Waals surface area contributed by atoms with Crippen LogP contribution in [0.2, 0.25) is 0 Å². The Hall–Kier alpha value is -3.85. The van der Waals surface area contributed by atoms with Crippen LogP contribution < -0.4 is 10.2 Å². The summed E-state index contributed by atoms with van der Waals surface area (Å²) in [7, 11) is 0. The number of benzene rings is 2. The van der Waals surface area contributed by atoms with Crippen LogP contribution in [0.3, 0.4) is 0 Å². The molecule has 0 bridgehead atoms. The first-order valence-corrected chi connectivity index (χ1v) is 12.4. The maximum absolute atomic E-state index is 13.7. The van der Waals surface area contributed by atoms with E-state index < -0.39 is 17.5 Å². The quantitative estimate of drug-likeness (QED) is 0.548. The van der Waals surface area contributed by atoms with E-state index in [1.54, 1.807) is 19.1 Å². The number of carbonyl (C=O) groups is 1. The van der Waals surface area contributed by atoms with Crippen LogP contribution in [0.25, 0.3) is 5.69 Å². The minimum atomic E-state index is -0.993. The number of aromatic nitrogens is 2. The van der Waals surface area contributed by atoms with Gasteiger partial charge in [-0.1, -0.05) is 0 Å². The third-order valence-corrected chi connectivity index (χ3v) is 7.14. The molecule has 38 heavy (non-hydrogen) atoms. The summed E-state index contributed by atoms with van der Waals surface area (Å²) in [5, 5.41) is 16.8. The number of piperidine rings is 1. The molecule has 2 aliphatic heterocycles. The number of carbonyl (C=O) groups excluding carboxylic acids is 1. The molecule has 2 saturated heterocycles. The summed E-state index contributed by atoms with van der Waals surface area (Å²) in [5.74, 6) is -2.35. The number of rotatable bonds is 5. The lowest BCUT2D eigenvalue weighted by Crippen LogP contribution is -2.49. The number of nitriles is 1. The molecule has 2 aliphatic rings. The van der Waals surface area contributed by atoms with Crippen LogP contribution in [-0.4, -0.2) is 71.5 Å². The van der Waals surface area contributed by atoms with E-state index in [-0.39, 0.29) is 11.0 Å². The van der Waals surface area contributed by atoms with E-state index in [4.69, 9.17) is 4.74 Å². The van der Waals surface area contributed by atoms with Crippen LogP contribution >= 0.6 is 0 Å². The fourth-order valence-electron chi connectivity index (χ4n) is 5.10. The number of anilines is 2. The number of nitrogens with one attached hydrogen (secondary N) is 1. The number of morpholine rings is 1. The van der Waals surface area contributed by atoms with Gasteiger partial charge in [-0.15, -0.1) is 0 Å². The maximum Gasteiger partial charge on any atom is 0.259 e. The second-order valence-electron chi connectivity index (χ2n) is 9.32. The SMILES string of the molecule is Cc1c(C(=O)Nc2ccc(N3CCC(N4CCOCC4)CC3)c(C#N)c2)cnn1-c1ccc(F)c(F)c1.O. The molecule has 0 saturated carbocycles. The molecule has 3 aromatic rings. The lowest BCUT2D eigenvalue weighted by molar-refractivity contribution is 0.0115. The highest BCUT2D eigenvalue weighted by atomic mass is 19.2. The Morgan fingerprint density at radius 1 is 1.08 bits per heavy atom. The minimum Gasteiger partial charge on any atom is -0.412 e. The van der Waals surface area contributed by atoms with Crippen LogP contribution in [0.4, 0.5) is 20.2 Å². The Bertz CT molecular complexity index is 1340. The Morgan fingerprint density at radius 2 is 1.82 bits per heavy atom. The van der Waals surface area contributed by atoms with Gasteiger partial charge in [0.1, 0.15) is 6.07 Å². The molecule has 3 N–H and O–H groups in total. The Kier molecular flexibility index (Phi) is 8.36. The molecule has 2 fully saturated rings. The first-order valence-electron chi connectivity index (χ1n) is 12.4. The Balaban J connectivity index is 0.00000336. The van der Waals surface area contributed by atoms with Crippen molar-refractivity contribution in [3.05, 3.63) is 71.1 Å². The molecule has 5 rings (SSSR count). The van der Waals surface area contributed by atoms with Crippen molar-refractivity contribution in [2.45, 2.75) is 25.8 Å². The third-order valence-electron chi connectivity index (χ3n) is 7.14. The first-order chi connectivity index (χ1) is 17.9. The fourth-order valence-corrected chi connectivity index (χ4v) is 5.10. The van der Waals surface area contributed by atoms with E-state index >= 15 is 0 Å². The highest BCUT2D eigenvalue weighted by molar-refractivity contribution is 6.05. The summed E-state index contributed by atoms with van der Waals surface area (Å²) >= 11 is 0. The summed E-state index contributed by atoms with van der Waals surface area (Å²) in [6.45, 7) is 6.93. The molecule has 11 heteroatoms. The molecular weight excluding hydrogens is 494 g/mol. The number of halogens is 2. The van der Waals surface area contributed by atoms with Crippen molar-refractivity contribution in [1.29, 1.82) is 5.26 Å². The lowest BCUT2D eigenvalue weighted by atomic mass is 10.0. The molecule has 200 valence electrons. The molecule has 2 aromatic carbocycles. The van der Waals surface area contributed by atoms with Crippen LogP contribution in [0, 0.1) is 29.9 Å². The summed E-state index contributed by atoms with van der Waals surface area (Å²) in [5.41, 5.74) is 2.93. The topological polar surface area (TPSA) is 118 Å². The highest BCUT2D eigenvalue weighted by Gasteiger charge is 2.27. The molecule has 0 spiro atoms. The van der Waals surface area contributed by atoms with Crippen molar-refractivity contribution in [3.8, 4) is 11.8 Å². The molecule has 9 nitrogen and oxygen atoms in total. The smallest absolute Gasteiger partial charge is 0.259 e. The summed E-state index contributed by atoms with van der Waals surface area (Å²) in [4.78, 5) is 17.7. The second-order valence-corrected chi connectivity index (χ2v) is 9.32. The van der Waals surface area contributed by atoms with Crippen LogP contribution in [0.1, 0.15) is 34.5 Å². The van der Waals surface area contributed by atoms with Gasteiger partial charge in [-0.3, -0.25) is 9.69 Å². The third kappa shape index (κ3) is 5.52. The molecular formula is C27H30F2N6O3. The summed E-state index contributed by atoms with van der Waals surface area (Å²) < 4.78 is 33.8. The predicted octanol–water partition coefficient (Wildman–Crippen LogP) is 3.06. The molecule has 1 amide bonds. The maximum atomic E-state index is 13.7. The van der Waals surface area contributed by atoms with Gasteiger partial charge in [0.05, 0.1) is 47.6 Å². The van der Waals surface area contributed by atoms with Crippen LogP contribution in [0.5, 0.6) is 0 Å². The van der Waals surface area contributed by atoms with E-state index in [2.05, 4.69) is 26.3 Å². The van der Waals surface area contributed by atoms with E-state index in [0.29, 0.717) is 28.7 Å². The van der Waals surface area contributed by atoms with E-state index in [0.717, 1.165) is 70.1 Å². The Labute approximate surface area is 219 Å². The minimum absolute atomic E-state index is 0. The zero-order valence-corrected chi connectivity index (χ0v) is 21.1. The molecule has 0 atom stereocenters. The van der Waals surface area contributed by atoms with E-state index in [1.165, 1.54) is 16.9 Å². The molecule has 1 aromatic heterocycles. The van der Waals surface area contributed by atoms with Gasteiger partial charge in [0.15, 0.2) is 11.6 Å². The highest BCUT2D eigenvalue weighted by Crippen LogP contribution is 2.28. The average Bonchev–Trinajstić information content (AvgIpc) is 3.32. The molecule has 0 unspecified atom stereocenters. The van der Waals surface area contributed by atoms with Crippen molar-refractivity contribution < 1.29 is 23.8 Å². The normalized spacial score (nSPS) is 16.5. The van der Waals surface area contributed by atoms with Gasteiger partial charge in [0.2, 0.25) is 0 Å². The zero-order valence-electron chi connectivity index (χ0n) is 21.1. The fraction of sp³-hybridized carbons (Fsp3) is 0.370. The number of hydrogen-bond donors (Lipinski definition) is 1. The summed E-state index contributed by atoms with van der Waals surface area (Å²) in [6, 6.07) is 11.6. The van der Waals surface area contributed by atoms with Gasteiger partial charge in [-0.25, -0.2) is 13.5 Å². The number of hydrogen-bond acceptors (Lipinski definition) is 6. The van der Waals surface area contributed by atoms with Gasteiger partial charge < -0.3 is 20.4 Å². The van der Waals surface area contributed by atoms with Gasteiger partial charge in [0.25, 0.3) is 5.91 Å². The van der Waals surface area contributed by atoms with Crippen LogP contribution in [0.15, 0.2) is 42.6 Å². The average molecular weight is 525 g/mol. The second kappa shape index (κ2) is 11.7. The van der Waals surface area contributed by atoms with Crippen molar-refractivity contribution in [3.63, 3.8) is 0 Å². The van der Waals surface area contributed by atoms with Crippen molar-refractivity contribution in [2.24, 2.45) is 0 Å².